The molecule has 176 valence electrons. The zero-order chi connectivity index (χ0) is 24.8. The number of para-hydroxylation sites is 2. The predicted octanol–water partition coefficient (Wildman–Crippen LogP) is 5.37. The standard InChI is InChI=1S/C28H19BrN4O3/c1-17-23-25(26(34)18-12-14-19(29)15-13-18)24-22(31-32(27(24)35)20-8-4-2-5-9-20)16-36-28(23)33(30-17)21-10-6-3-7-11-21/h2-15H,16H2,1H3. The van der Waals surface area contributed by atoms with Gasteiger partial charge in [-0.3, -0.25) is 9.59 Å². The molecule has 0 atom stereocenters. The van der Waals surface area contributed by atoms with E-state index < -0.39 is 0 Å². The van der Waals surface area contributed by atoms with Gasteiger partial charge in [0.1, 0.15) is 12.3 Å². The minimum Gasteiger partial charge on any atom is -0.471 e. The monoisotopic (exact) mass is 538 g/mol. The number of nitrogens with zero attached hydrogens (tertiary/aromatic N) is 4. The van der Waals surface area contributed by atoms with Gasteiger partial charge in [-0.2, -0.15) is 15.2 Å². The number of Topliss-reactive ketones (excluding diaryl/α,β-unsaturated/α-hetero) is 1. The highest BCUT2D eigenvalue weighted by molar-refractivity contribution is 9.10. The summed E-state index contributed by atoms with van der Waals surface area (Å²) in [6, 6.07) is 25.7. The zero-order valence-corrected chi connectivity index (χ0v) is 20.8. The van der Waals surface area contributed by atoms with E-state index in [1.807, 2.05) is 55.5 Å². The summed E-state index contributed by atoms with van der Waals surface area (Å²) < 4.78 is 8.74. The summed E-state index contributed by atoms with van der Waals surface area (Å²) in [5.74, 6) is -0.265. The number of ether oxygens (including phenoxy) is 1. The molecule has 0 bridgehead atoms. The van der Waals surface area contributed by atoms with Crippen molar-refractivity contribution in [2.45, 2.75) is 6.92 Å². The number of carbonyl (C=O) groups is 2. The van der Waals surface area contributed by atoms with E-state index in [0.717, 1.165) is 10.2 Å². The number of hydrogen-bond donors (Lipinski definition) is 0. The molecule has 6 rings (SSSR count). The molecule has 0 saturated heterocycles. The van der Waals surface area contributed by atoms with Gasteiger partial charge in [-0.1, -0.05) is 52.3 Å². The van der Waals surface area contributed by atoms with Gasteiger partial charge in [0.2, 0.25) is 5.88 Å². The smallest absolute Gasteiger partial charge is 0.281 e. The van der Waals surface area contributed by atoms with E-state index in [4.69, 9.17) is 9.84 Å². The number of anilines is 1. The first-order chi connectivity index (χ1) is 17.5. The van der Waals surface area contributed by atoms with Crippen LogP contribution in [0.4, 0.5) is 5.69 Å². The summed E-state index contributed by atoms with van der Waals surface area (Å²) in [6.07, 6.45) is 0. The molecule has 0 fully saturated rings. The van der Waals surface area contributed by atoms with Crippen LogP contribution in [0.5, 0.6) is 5.88 Å². The van der Waals surface area contributed by atoms with Crippen molar-refractivity contribution in [1.82, 2.24) is 9.78 Å². The molecule has 3 aromatic carbocycles. The number of rotatable bonds is 4. The molecule has 3 heterocycles. The molecule has 1 aromatic heterocycles. The molecule has 4 aromatic rings. The number of hydrogen-bond acceptors (Lipinski definition) is 5. The van der Waals surface area contributed by atoms with Crippen molar-refractivity contribution < 1.29 is 14.3 Å². The Bertz CT molecular complexity index is 1570. The van der Waals surface area contributed by atoms with Crippen LogP contribution in [0, 0.1) is 6.92 Å². The number of hydrazone groups is 1. The Labute approximate surface area is 215 Å². The van der Waals surface area contributed by atoms with Gasteiger partial charge in [0.05, 0.1) is 33.8 Å². The van der Waals surface area contributed by atoms with Gasteiger partial charge in [-0.25, -0.2) is 4.68 Å². The number of allylic oxidation sites excluding steroid dienone is 1. The van der Waals surface area contributed by atoms with Gasteiger partial charge < -0.3 is 4.74 Å². The summed E-state index contributed by atoms with van der Waals surface area (Å²) in [6.45, 7) is 1.83. The Morgan fingerprint density at radius 2 is 1.56 bits per heavy atom. The van der Waals surface area contributed by atoms with Crippen LogP contribution < -0.4 is 9.75 Å². The van der Waals surface area contributed by atoms with Crippen molar-refractivity contribution in [3.8, 4) is 11.6 Å². The maximum absolute atomic E-state index is 14.1. The molecule has 0 unspecified atom stereocenters. The number of ketones is 1. The van der Waals surface area contributed by atoms with Gasteiger partial charge >= 0.3 is 0 Å². The minimum atomic E-state index is -0.375. The third-order valence-corrected chi connectivity index (χ3v) is 6.64. The van der Waals surface area contributed by atoms with Crippen molar-refractivity contribution in [3.63, 3.8) is 0 Å². The molecular weight excluding hydrogens is 520 g/mol. The van der Waals surface area contributed by atoms with E-state index in [0.29, 0.717) is 34.1 Å². The largest absolute Gasteiger partial charge is 0.471 e. The lowest BCUT2D eigenvalue weighted by molar-refractivity contribution is -0.114. The van der Waals surface area contributed by atoms with E-state index in [1.54, 1.807) is 41.1 Å². The second-order valence-corrected chi connectivity index (χ2v) is 9.30. The fourth-order valence-corrected chi connectivity index (χ4v) is 4.71. The number of benzene rings is 3. The summed E-state index contributed by atoms with van der Waals surface area (Å²) in [5.41, 5.74) is 3.80. The highest BCUT2D eigenvalue weighted by Gasteiger charge is 2.41. The molecule has 2 aliphatic rings. The van der Waals surface area contributed by atoms with Crippen molar-refractivity contribution in [1.29, 1.82) is 0 Å². The normalized spacial score (nSPS) is 14.7. The fourth-order valence-electron chi connectivity index (χ4n) is 4.45. The van der Waals surface area contributed by atoms with Crippen LogP contribution in [0.1, 0.15) is 21.6 Å². The molecule has 0 N–H and O–H groups in total. The van der Waals surface area contributed by atoms with Gasteiger partial charge in [-0.05, 0) is 55.5 Å². The lowest BCUT2D eigenvalue weighted by Crippen LogP contribution is -2.23. The van der Waals surface area contributed by atoms with Gasteiger partial charge in [-0.15, -0.1) is 0 Å². The van der Waals surface area contributed by atoms with Crippen LogP contribution >= 0.6 is 15.9 Å². The Balaban J connectivity index is 1.59. The first-order valence-electron chi connectivity index (χ1n) is 11.3. The Hall–Kier alpha value is -4.30. The van der Waals surface area contributed by atoms with E-state index in [2.05, 4.69) is 21.0 Å². The van der Waals surface area contributed by atoms with Crippen LogP contribution in [0.3, 0.4) is 0 Å². The van der Waals surface area contributed by atoms with Gasteiger partial charge in [0.25, 0.3) is 5.91 Å². The maximum Gasteiger partial charge on any atom is 0.281 e. The van der Waals surface area contributed by atoms with E-state index >= 15 is 0 Å². The highest BCUT2D eigenvalue weighted by atomic mass is 79.9. The third-order valence-electron chi connectivity index (χ3n) is 6.11. The van der Waals surface area contributed by atoms with Crippen molar-refractivity contribution in [2.75, 3.05) is 11.6 Å². The number of carbonyl (C=O) groups excluding carboxylic acids is 2. The van der Waals surface area contributed by atoms with E-state index in [-0.39, 0.29) is 29.4 Å². The Morgan fingerprint density at radius 1 is 0.917 bits per heavy atom. The summed E-state index contributed by atoms with van der Waals surface area (Å²) in [7, 11) is 0. The first kappa shape index (κ1) is 22.2. The quantitative estimate of drug-likeness (QED) is 0.327. The first-order valence-corrected chi connectivity index (χ1v) is 12.1. The van der Waals surface area contributed by atoms with Crippen LogP contribution in [0.25, 0.3) is 11.3 Å². The summed E-state index contributed by atoms with van der Waals surface area (Å²) in [5, 5.41) is 10.6. The Kier molecular flexibility index (Phi) is 5.38. The number of aryl methyl sites for hydroxylation is 1. The highest BCUT2D eigenvalue weighted by Crippen LogP contribution is 2.40. The molecule has 1 amide bonds. The molecule has 36 heavy (non-hydrogen) atoms. The number of amides is 1. The average Bonchev–Trinajstić information content (AvgIpc) is 3.34. The number of halogens is 1. The minimum absolute atomic E-state index is 0.0203. The second kappa shape index (κ2) is 8.73. The third kappa shape index (κ3) is 3.58. The average molecular weight is 539 g/mol. The molecular formula is C28H19BrN4O3. The van der Waals surface area contributed by atoms with Crippen molar-refractivity contribution >= 4 is 44.6 Å². The van der Waals surface area contributed by atoms with E-state index in [9.17, 15) is 9.59 Å². The topological polar surface area (TPSA) is 76.8 Å². The lowest BCUT2D eigenvalue weighted by Gasteiger charge is -2.14. The molecule has 0 aliphatic carbocycles. The summed E-state index contributed by atoms with van der Waals surface area (Å²) >= 11 is 3.42. The van der Waals surface area contributed by atoms with Crippen LogP contribution in [0.15, 0.2) is 100 Å². The fraction of sp³-hybridized carbons (Fsp3) is 0.0714. The van der Waals surface area contributed by atoms with Crippen LogP contribution in [-0.4, -0.2) is 33.8 Å². The zero-order valence-electron chi connectivity index (χ0n) is 19.2. The summed E-state index contributed by atoms with van der Waals surface area (Å²) in [4.78, 5) is 27.9. The van der Waals surface area contributed by atoms with Crippen LogP contribution in [-0.2, 0) is 4.79 Å². The van der Waals surface area contributed by atoms with Gasteiger partial charge in [0, 0.05) is 10.0 Å². The number of fused-ring (bicyclic) bond motifs is 2. The lowest BCUT2D eigenvalue weighted by atomic mass is 9.90. The molecule has 0 radical (unpaired) electrons. The molecule has 2 aliphatic heterocycles. The predicted molar refractivity (Wildman–Crippen MR) is 141 cm³/mol. The Morgan fingerprint density at radius 3 is 2.22 bits per heavy atom. The second-order valence-electron chi connectivity index (χ2n) is 8.39. The van der Waals surface area contributed by atoms with E-state index in [1.165, 1.54) is 5.01 Å². The maximum atomic E-state index is 14.1. The molecule has 7 nitrogen and oxygen atoms in total. The molecule has 0 spiro atoms. The van der Waals surface area contributed by atoms with Crippen molar-refractivity contribution in [3.05, 3.63) is 112 Å². The molecule has 8 heteroatoms. The van der Waals surface area contributed by atoms with Gasteiger partial charge in [0.15, 0.2) is 5.78 Å². The van der Waals surface area contributed by atoms with Crippen LogP contribution in [0.2, 0.25) is 0 Å². The molecule has 0 saturated carbocycles. The number of aromatic nitrogens is 2. The van der Waals surface area contributed by atoms with Crippen molar-refractivity contribution in [2.24, 2.45) is 5.10 Å². The SMILES string of the molecule is Cc1nn(-c2ccccc2)c2c1C(C(=O)c1ccc(Br)cc1)=C1C(=O)N(c3ccccc3)N=C1CO2.